The molecular formula is C15H30IN3O3. The first-order chi connectivity index (χ1) is 10.4. The molecule has 130 valence electrons. The van der Waals surface area contributed by atoms with E-state index in [1.54, 1.807) is 14.2 Å². The van der Waals surface area contributed by atoms with Gasteiger partial charge in [0.2, 0.25) is 0 Å². The molecular weight excluding hydrogens is 397 g/mol. The van der Waals surface area contributed by atoms with E-state index in [2.05, 4.69) is 21.7 Å². The maximum atomic E-state index is 5.41. The maximum absolute atomic E-state index is 5.41. The molecule has 0 unspecified atom stereocenters. The van der Waals surface area contributed by atoms with Gasteiger partial charge in [-0.25, -0.2) is 0 Å². The zero-order valence-electron chi connectivity index (χ0n) is 13.7. The van der Waals surface area contributed by atoms with Crippen LogP contribution in [-0.4, -0.2) is 66.2 Å². The van der Waals surface area contributed by atoms with Crippen LogP contribution in [-0.2, 0) is 14.2 Å². The molecule has 0 aromatic carbocycles. The predicted octanol–water partition coefficient (Wildman–Crippen LogP) is 1.56. The van der Waals surface area contributed by atoms with Gasteiger partial charge in [-0.1, -0.05) is 11.6 Å². The van der Waals surface area contributed by atoms with Crippen LogP contribution in [0.15, 0.2) is 16.6 Å². The number of rotatable bonds is 10. The van der Waals surface area contributed by atoms with Crippen LogP contribution in [0.25, 0.3) is 0 Å². The minimum absolute atomic E-state index is 0. The monoisotopic (exact) mass is 427 g/mol. The quantitative estimate of drug-likeness (QED) is 0.182. The van der Waals surface area contributed by atoms with E-state index in [-0.39, 0.29) is 24.0 Å². The number of halogens is 1. The van der Waals surface area contributed by atoms with Crippen LogP contribution in [0.2, 0.25) is 0 Å². The Morgan fingerprint density at radius 3 is 2.77 bits per heavy atom. The highest BCUT2D eigenvalue weighted by molar-refractivity contribution is 14.0. The summed E-state index contributed by atoms with van der Waals surface area (Å²) in [6.45, 7) is 5.40. The molecule has 0 atom stereocenters. The molecule has 0 amide bonds. The van der Waals surface area contributed by atoms with Crippen molar-refractivity contribution in [1.82, 2.24) is 10.6 Å². The lowest BCUT2D eigenvalue weighted by Gasteiger charge is -2.15. The van der Waals surface area contributed by atoms with Gasteiger partial charge in [0, 0.05) is 33.9 Å². The predicted molar refractivity (Wildman–Crippen MR) is 100 cm³/mol. The largest absolute Gasteiger partial charge is 0.382 e. The van der Waals surface area contributed by atoms with Crippen molar-refractivity contribution in [3.05, 3.63) is 11.6 Å². The highest BCUT2D eigenvalue weighted by Crippen LogP contribution is 2.10. The number of nitrogens with one attached hydrogen (secondary N) is 2. The van der Waals surface area contributed by atoms with Crippen LogP contribution in [0, 0.1) is 0 Å². The zero-order chi connectivity index (χ0) is 15.2. The minimum atomic E-state index is 0. The van der Waals surface area contributed by atoms with Crippen molar-refractivity contribution in [2.45, 2.75) is 19.3 Å². The molecule has 1 aliphatic heterocycles. The fraction of sp³-hybridized carbons (Fsp3) is 0.800. The molecule has 1 heterocycles. The average molecular weight is 427 g/mol. The van der Waals surface area contributed by atoms with E-state index in [4.69, 9.17) is 14.2 Å². The maximum Gasteiger partial charge on any atom is 0.190 e. The van der Waals surface area contributed by atoms with E-state index in [9.17, 15) is 0 Å². The minimum Gasteiger partial charge on any atom is -0.382 e. The Morgan fingerprint density at radius 1 is 1.27 bits per heavy atom. The Bertz CT molecular complexity index is 325. The first-order valence-electron chi connectivity index (χ1n) is 7.63. The second-order valence-electron chi connectivity index (χ2n) is 4.82. The Hall–Kier alpha value is -0.380. The summed E-state index contributed by atoms with van der Waals surface area (Å²) in [5, 5.41) is 6.61. The standard InChI is InChI=1S/C15H29N3O3.HI/c1-16-15(17-7-3-9-20-13-12-19-2)18-8-4-14-5-10-21-11-6-14;/h5H,3-4,6-13H2,1-2H3,(H2,16,17,18);1H. The first kappa shape index (κ1) is 21.6. The molecule has 2 N–H and O–H groups in total. The van der Waals surface area contributed by atoms with Gasteiger partial charge in [-0.3, -0.25) is 4.99 Å². The molecule has 0 saturated heterocycles. The van der Waals surface area contributed by atoms with Crippen molar-refractivity contribution in [1.29, 1.82) is 0 Å². The third-order valence-electron chi connectivity index (χ3n) is 3.21. The van der Waals surface area contributed by atoms with Gasteiger partial charge in [-0.15, -0.1) is 24.0 Å². The molecule has 0 bridgehead atoms. The summed E-state index contributed by atoms with van der Waals surface area (Å²) in [5.74, 6) is 0.847. The second-order valence-corrected chi connectivity index (χ2v) is 4.82. The number of methoxy groups -OCH3 is 1. The van der Waals surface area contributed by atoms with Crippen molar-refractivity contribution >= 4 is 29.9 Å². The third kappa shape index (κ3) is 11.2. The van der Waals surface area contributed by atoms with E-state index in [0.717, 1.165) is 58.1 Å². The molecule has 6 nitrogen and oxygen atoms in total. The molecule has 0 spiro atoms. The zero-order valence-corrected chi connectivity index (χ0v) is 16.1. The fourth-order valence-corrected chi connectivity index (χ4v) is 1.98. The normalized spacial score (nSPS) is 15.0. The van der Waals surface area contributed by atoms with E-state index in [0.29, 0.717) is 13.2 Å². The van der Waals surface area contributed by atoms with Gasteiger partial charge < -0.3 is 24.8 Å². The number of guanidine groups is 1. The lowest BCUT2D eigenvalue weighted by Crippen LogP contribution is -2.38. The lowest BCUT2D eigenvalue weighted by molar-refractivity contribution is 0.0698. The lowest BCUT2D eigenvalue weighted by atomic mass is 10.1. The van der Waals surface area contributed by atoms with Gasteiger partial charge in [0.05, 0.1) is 26.4 Å². The number of hydrogen-bond donors (Lipinski definition) is 2. The topological polar surface area (TPSA) is 64.1 Å². The summed E-state index contributed by atoms with van der Waals surface area (Å²) in [7, 11) is 3.47. The molecule has 22 heavy (non-hydrogen) atoms. The van der Waals surface area contributed by atoms with Crippen LogP contribution in [0.1, 0.15) is 19.3 Å². The third-order valence-corrected chi connectivity index (χ3v) is 3.21. The van der Waals surface area contributed by atoms with Crippen molar-refractivity contribution < 1.29 is 14.2 Å². The van der Waals surface area contributed by atoms with Crippen molar-refractivity contribution in [3.63, 3.8) is 0 Å². The van der Waals surface area contributed by atoms with Crippen molar-refractivity contribution in [2.75, 3.05) is 60.3 Å². The number of ether oxygens (including phenoxy) is 3. The summed E-state index contributed by atoms with van der Waals surface area (Å²) in [4.78, 5) is 4.21. The van der Waals surface area contributed by atoms with Gasteiger partial charge in [-0.05, 0) is 19.3 Å². The van der Waals surface area contributed by atoms with Crippen LogP contribution >= 0.6 is 24.0 Å². The summed E-state index contributed by atoms with van der Waals surface area (Å²) in [6, 6.07) is 0. The Morgan fingerprint density at radius 2 is 2.09 bits per heavy atom. The Kier molecular flexibility index (Phi) is 15.2. The summed E-state index contributed by atoms with van der Waals surface area (Å²) >= 11 is 0. The molecule has 0 aromatic heterocycles. The van der Waals surface area contributed by atoms with Gasteiger partial charge in [-0.2, -0.15) is 0 Å². The smallest absolute Gasteiger partial charge is 0.190 e. The Balaban J connectivity index is 0.00000441. The highest BCUT2D eigenvalue weighted by atomic mass is 127. The van der Waals surface area contributed by atoms with Crippen molar-refractivity contribution in [2.24, 2.45) is 4.99 Å². The van der Waals surface area contributed by atoms with Crippen LogP contribution in [0.5, 0.6) is 0 Å². The van der Waals surface area contributed by atoms with Gasteiger partial charge >= 0.3 is 0 Å². The molecule has 0 saturated carbocycles. The van der Waals surface area contributed by atoms with E-state index in [1.807, 2.05) is 0 Å². The molecule has 7 heteroatoms. The Labute approximate surface area is 151 Å². The summed E-state index contributed by atoms with van der Waals surface area (Å²) in [5.41, 5.74) is 1.47. The SMILES string of the molecule is CN=C(NCCCOCCOC)NCCC1=CCOCC1.I. The first-order valence-corrected chi connectivity index (χ1v) is 7.63. The van der Waals surface area contributed by atoms with Crippen LogP contribution in [0.3, 0.4) is 0 Å². The number of hydrogen-bond acceptors (Lipinski definition) is 4. The van der Waals surface area contributed by atoms with Gasteiger partial charge in [0.1, 0.15) is 0 Å². The number of aliphatic imine (C=N–C) groups is 1. The summed E-state index contributed by atoms with van der Waals surface area (Å²) in [6.07, 6.45) is 5.22. The van der Waals surface area contributed by atoms with Gasteiger partial charge in [0.15, 0.2) is 5.96 Å². The molecule has 0 aliphatic carbocycles. The molecule has 0 aromatic rings. The van der Waals surface area contributed by atoms with E-state index in [1.165, 1.54) is 5.57 Å². The van der Waals surface area contributed by atoms with E-state index >= 15 is 0 Å². The van der Waals surface area contributed by atoms with Crippen LogP contribution < -0.4 is 10.6 Å². The summed E-state index contributed by atoms with van der Waals surface area (Å²) < 4.78 is 15.6. The number of nitrogens with zero attached hydrogens (tertiary/aromatic N) is 1. The second kappa shape index (κ2) is 15.5. The molecule has 1 rings (SSSR count). The van der Waals surface area contributed by atoms with Crippen molar-refractivity contribution in [3.8, 4) is 0 Å². The molecule has 1 aliphatic rings. The molecule has 0 radical (unpaired) electrons. The van der Waals surface area contributed by atoms with Gasteiger partial charge in [0.25, 0.3) is 0 Å². The average Bonchev–Trinajstić information content (AvgIpc) is 2.53. The molecule has 0 fully saturated rings. The fourth-order valence-electron chi connectivity index (χ4n) is 1.98. The highest BCUT2D eigenvalue weighted by Gasteiger charge is 2.04. The van der Waals surface area contributed by atoms with Crippen LogP contribution in [0.4, 0.5) is 0 Å². The van der Waals surface area contributed by atoms with E-state index < -0.39 is 0 Å².